The molecular formula is C30H38N4O3S. The number of fused-ring (bicyclic) bond motifs is 5. The first-order valence-electron chi connectivity index (χ1n) is 14.1. The van der Waals surface area contributed by atoms with E-state index >= 15 is 0 Å². The number of ketones is 1. The fraction of sp³-hybridized carbons (Fsp3) is 0.600. The molecule has 0 N–H and O–H groups in total. The lowest BCUT2D eigenvalue weighted by Crippen LogP contribution is -2.49. The molecule has 2 fully saturated rings. The van der Waals surface area contributed by atoms with Crippen molar-refractivity contribution in [1.29, 1.82) is 0 Å². The molecule has 0 bridgehead atoms. The monoisotopic (exact) mass is 534 g/mol. The number of sulfone groups is 1. The number of nitrogens with zero attached hydrogens (tertiary/aromatic N) is 4. The Labute approximate surface area is 225 Å². The van der Waals surface area contributed by atoms with Crippen LogP contribution in [-0.4, -0.2) is 34.4 Å². The van der Waals surface area contributed by atoms with Crippen LogP contribution >= 0.6 is 0 Å². The van der Waals surface area contributed by atoms with Crippen LogP contribution < -0.4 is 0 Å². The normalized spacial score (nSPS) is 35.3. The van der Waals surface area contributed by atoms with Gasteiger partial charge in [-0.1, -0.05) is 55.7 Å². The zero-order chi connectivity index (χ0) is 26.9. The van der Waals surface area contributed by atoms with Crippen LogP contribution in [0.4, 0.5) is 0 Å². The van der Waals surface area contributed by atoms with E-state index in [0.29, 0.717) is 30.1 Å². The van der Waals surface area contributed by atoms with Crippen molar-refractivity contribution >= 4 is 15.6 Å². The van der Waals surface area contributed by atoms with Crippen molar-refractivity contribution in [3.05, 3.63) is 53.6 Å². The molecule has 1 heterocycles. The molecule has 7 atom stereocenters. The fourth-order valence-electron chi connectivity index (χ4n) is 8.69. The number of allylic oxidation sites excluding steroid dienone is 4. The molecule has 0 spiro atoms. The molecule has 202 valence electrons. The van der Waals surface area contributed by atoms with E-state index in [0.717, 1.165) is 44.1 Å². The summed E-state index contributed by atoms with van der Waals surface area (Å²) in [4.78, 5) is 12.4. The zero-order valence-electron chi connectivity index (χ0n) is 22.8. The first-order valence-corrected chi connectivity index (χ1v) is 15.6. The highest BCUT2D eigenvalue weighted by molar-refractivity contribution is 7.91. The molecular weight excluding hydrogens is 496 g/mol. The van der Waals surface area contributed by atoms with Crippen LogP contribution in [0, 0.1) is 41.4 Å². The van der Waals surface area contributed by atoms with Gasteiger partial charge in [-0.15, -0.1) is 0 Å². The second-order valence-electron chi connectivity index (χ2n) is 12.6. The predicted octanol–water partition coefficient (Wildman–Crippen LogP) is 5.69. The number of hydrogen-bond donors (Lipinski definition) is 0. The van der Waals surface area contributed by atoms with E-state index in [4.69, 9.17) is 0 Å². The summed E-state index contributed by atoms with van der Waals surface area (Å²) in [6.07, 6.45) is 13.3. The molecule has 8 heteroatoms. The highest BCUT2D eigenvalue weighted by Crippen LogP contribution is 2.66. The maximum atomic E-state index is 13.6. The molecule has 6 rings (SSSR count). The average molecular weight is 535 g/mol. The molecule has 0 unspecified atom stereocenters. The van der Waals surface area contributed by atoms with Crippen molar-refractivity contribution in [2.45, 2.75) is 88.7 Å². The number of rotatable bonds is 5. The van der Waals surface area contributed by atoms with Crippen LogP contribution in [0.1, 0.15) is 77.3 Å². The topological polar surface area (TPSA) is 94.8 Å². The third kappa shape index (κ3) is 3.69. The van der Waals surface area contributed by atoms with Crippen LogP contribution in [-0.2, 0) is 14.6 Å². The molecule has 0 amide bonds. The Morgan fingerprint density at radius 2 is 1.84 bits per heavy atom. The Morgan fingerprint density at radius 1 is 1.08 bits per heavy atom. The molecule has 7 nitrogen and oxygen atoms in total. The smallest absolute Gasteiger partial charge is 0.272 e. The highest BCUT2D eigenvalue weighted by Gasteiger charge is 2.59. The Kier molecular flexibility index (Phi) is 6.05. The number of benzene rings is 1. The van der Waals surface area contributed by atoms with Gasteiger partial charge < -0.3 is 0 Å². The lowest BCUT2D eigenvalue weighted by Gasteiger charge is -2.56. The van der Waals surface area contributed by atoms with Gasteiger partial charge >= 0.3 is 0 Å². The van der Waals surface area contributed by atoms with Gasteiger partial charge in [-0.3, -0.25) is 4.79 Å². The second-order valence-corrected chi connectivity index (χ2v) is 14.4. The summed E-state index contributed by atoms with van der Waals surface area (Å²) in [5.74, 6) is 2.11. The van der Waals surface area contributed by atoms with Gasteiger partial charge in [0.05, 0.1) is 10.9 Å². The molecule has 1 aromatic carbocycles. The van der Waals surface area contributed by atoms with E-state index in [1.54, 1.807) is 28.9 Å². The molecule has 1 aromatic heterocycles. The van der Waals surface area contributed by atoms with Crippen LogP contribution in [0.5, 0.6) is 0 Å². The van der Waals surface area contributed by atoms with E-state index in [9.17, 15) is 13.2 Å². The maximum Gasteiger partial charge on any atom is 0.272 e. The fourth-order valence-corrected chi connectivity index (χ4v) is 9.96. The number of tetrazole rings is 1. The molecule has 4 aliphatic rings. The summed E-state index contributed by atoms with van der Waals surface area (Å²) in [7, 11) is -3.84. The highest BCUT2D eigenvalue weighted by atomic mass is 32.2. The standard InChI is InChI=1S/C30H38N4O3S/c1-5-27(34-28(31-32-33-34)38(36,37)22-9-6-19(2)7-10-22)26-13-12-24-23-11-8-20-18-21(35)14-16-29(20,3)25(23)15-17-30(24,26)4/h6-11,18,23-27H,5,12-17H2,1-4H3/t23-,24-,25-,26+,27-,29-,30-/m0/s1. The van der Waals surface area contributed by atoms with E-state index in [1.807, 2.05) is 13.0 Å². The summed E-state index contributed by atoms with van der Waals surface area (Å²) in [6.45, 7) is 8.86. The zero-order valence-corrected chi connectivity index (χ0v) is 23.6. The lowest BCUT2D eigenvalue weighted by molar-refractivity contribution is -0.116. The van der Waals surface area contributed by atoms with Gasteiger partial charge in [0.15, 0.2) is 5.78 Å². The number of hydrogen-bond acceptors (Lipinski definition) is 6. The first kappa shape index (κ1) is 25.7. The van der Waals surface area contributed by atoms with Crippen LogP contribution in [0.2, 0.25) is 0 Å². The van der Waals surface area contributed by atoms with Crippen molar-refractivity contribution in [3.63, 3.8) is 0 Å². The van der Waals surface area contributed by atoms with Gasteiger partial charge in [0.25, 0.3) is 5.16 Å². The van der Waals surface area contributed by atoms with Crippen molar-refractivity contribution in [2.24, 2.45) is 34.5 Å². The first-order chi connectivity index (χ1) is 18.1. The summed E-state index contributed by atoms with van der Waals surface area (Å²) < 4.78 is 28.8. The van der Waals surface area contributed by atoms with E-state index in [2.05, 4.69) is 48.4 Å². The predicted molar refractivity (Wildman–Crippen MR) is 144 cm³/mol. The Hall–Kier alpha value is -2.61. The number of carbonyl (C=O) groups excluding carboxylic acids is 1. The minimum atomic E-state index is -3.84. The molecule has 2 aromatic rings. The molecule has 38 heavy (non-hydrogen) atoms. The quantitative estimate of drug-likeness (QED) is 0.489. The minimum absolute atomic E-state index is 0.0549. The molecule has 0 radical (unpaired) electrons. The third-order valence-electron chi connectivity index (χ3n) is 10.8. The molecule has 0 aliphatic heterocycles. The third-order valence-corrected chi connectivity index (χ3v) is 12.5. The number of aryl methyl sites for hydroxylation is 1. The van der Waals surface area contributed by atoms with Gasteiger partial charge in [-0.05, 0) is 114 Å². The molecule has 2 saturated carbocycles. The van der Waals surface area contributed by atoms with Crippen LogP contribution in [0.15, 0.2) is 58.1 Å². The summed E-state index contributed by atoms with van der Waals surface area (Å²) in [5.41, 5.74) is 2.37. The van der Waals surface area contributed by atoms with E-state index in [1.165, 1.54) is 5.57 Å². The van der Waals surface area contributed by atoms with Crippen molar-refractivity contribution in [3.8, 4) is 0 Å². The van der Waals surface area contributed by atoms with Crippen LogP contribution in [0.25, 0.3) is 0 Å². The van der Waals surface area contributed by atoms with Crippen molar-refractivity contribution in [1.82, 2.24) is 20.2 Å². The summed E-state index contributed by atoms with van der Waals surface area (Å²) in [6, 6.07) is 6.80. The average Bonchev–Trinajstić information content (AvgIpc) is 3.51. The number of carbonyl (C=O) groups is 1. The van der Waals surface area contributed by atoms with Gasteiger partial charge in [0.1, 0.15) is 0 Å². The molecule has 0 saturated heterocycles. The largest absolute Gasteiger partial charge is 0.295 e. The SMILES string of the molecule is CC[C@@H]([C@H]1CC[C@H]2[C@@H]3C=CC4=CC(=O)CC[C@]4(C)[C@H]3CC[C@]12C)n1nnnc1S(=O)(=O)c1ccc(C)cc1. The summed E-state index contributed by atoms with van der Waals surface area (Å²) >= 11 is 0. The van der Waals surface area contributed by atoms with Gasteiger partial charge in [0.2, 0.25) is 9.84 Å². The van der Waals surface area contributed by atoms with Gasteiger partial charge in [-0.2, -0.15) is 0 Å². The van der Waals surface area contributed by atoms with Crippen molar-refractivity contribution in [2.75, 3.05) is 0 Å². The number of aromatic nitrogens is 4. The van der Waals surface area contributed by atoms with E-state index in [-0.39, 0.29) is 32.7 Å². The minimum Gasteiger partial charge on any atom is -0.295 e. The lowest BCUT2D eigenvalue weighted by atomic mass is 9.48. The van der Waals surface area contributed by atoms with E-state index < -0.39 is 9.84 Å². The van der Waals surface area contributed by atoms with Gasteiger partial charge in [0, 0.05) is 6.42 Å². The van der Waals surface area contributed by atoms with Crippen molar-refractivity contribution < 1.29 is 13.2 Å². The van der Waals surface area contributed by atoms with Crippen LogP contribution in [0.3, 0.4) is 0 Å². The van der Waals surface area contributed by atoms with Gasteiger partial charge in [-0.25, -0.2) is 13.1 Å². The summed E-state index contributed by atoms with van der Waals surface area (Å²) in [5, 5.41) is 12.1. The Bertz CT molecular complexity index is 1430. The Morgan fingerprint density at radius 3 is 2.58 bits per heavy atom. The Balaban J connectivity index is 1.33. The second kappa shape index (κ2) is 8.97. The maximum absolute atomic E-state index is 13.6. The molecule has 4 aliphatic carbocycles.